The molecule has 23 heavy (non-hydrogen) atoms. The van der Waals surface area contributed by atoms with Crippen LogP contribution in [-0.2, 0) is 15.3 Å². The van der Waals surface area contributed by atoms with E-state index in [1.54, 1.807) is 0 Å². The molecule has 1 aromatic rings. The predicted octanol–water partition coefficient (Wildman–Crippen LogP) is 3.33. The van der Waals surface area contributed by atoms with E-state index >= 15 is 0 Å². The number of thioether (sulfide) groups is 1. The molecule has 0 aromatic heterocycles. The third kappa shape index (κ3) is 5.23. The maximum absolute atomic E-state index is 12.5. The van der Waals surface area contributed by atoms with E-state index in [9.17, 15) is 4.79 Å². The van der Waals surface area contributed by atoms with E-state index in [-0.39, 0.29) is 11.8 Å². The molecule has 0 spiro atoms. The summed E-state index contributed by atoms with van der Waals surface area (Å²) < 4.78 is 5.34. The minimum Gasteiger partial charge on any atom is -0.381 e. The fourth-order valence-corrected chi connectivity index (χ4v) is 3.56. The van der Waals surface area contributed by atoms with Crippen LogP contribution in [0, 0.1) is 12.8 Å². The van der Waals surface area contributed by atoms with Gasteiger partial charge in [0.15, 0.2) is 0 Å². The average Bonchev–Trinajstić information content (AvgIpc) is 2.55. The lowest BCUT2D eigenvalue weighted by atomic mass is 9.91. The molecule has 1 amide bonds. The summed E-state index contributed by atoms with van der Waals surface area (Å²) in [6.45, 7) is 7.85. The molecule has 1 aromatic carbocycles. The van der Waals surface area contributed by atoms with Gasteiger partial charge in [0.25, 0.3) is 0 Å². The summed E-state index contributed by atoms with van der Waals surface area (Å²) in [5.74, 6) is 1.08. The zero-order valence-corrected chi connectivity index (χ0v) is 15.1. The van der Waals surface area contributed by atoms with Gasteiger partial charge >= 0.3 is 0 Å². The van der Waals surface area contributed by atoms with E-state index < -0.39 is 6.04 Å². The number of hydrogen-bond acceptors (Lipinski definition) is 4. The lowest BCUT2D eigenvalue weighted by Gasteiger charge is -2.27. The van der Waals surface area contributed by atoms with Gasteiger partial charge in [-0.15, -0.1) is 0 Å². The van der Waals surface area contributed by atoms with Crippen molar-refractivity contribution in [3.8, 4) is 0 Å². The first-order valence-corrected chi connectivity index (χ1v) is 9.38. The van der Waals surface area contributed by atoms with Crippen LogP contribution >= 0.6 is 11.8 Å². The van der Waals surface area contributed by atoms with Crippen molar-refractivity contribution < 1.29 is 9.53 Å². The third-order valence-electron chi connectivity index (χ3n) is 4.35. The van der Waals surface area contributed by atoms with Crippen molar-refractivity contribution in [2.24, 2.45) is 11.7 Å². The summed E-state index contributed by atoms with van der Waals surface area (Å²) in [5, 5.41) is 3.61. The van der Waals surface area contributed by atoms with Crippen molar-refractivity contribution in [2.75, 3.05) is 18.5 Å². The number of ether oxygens (including phenoxy) is 1. The van der Waals surface area contributed by atoms with Crippen molar-refractivity contribution in [1.82, 2.24) is 0 Å². The Morgan fingerprint density at radius 3 is 2.74 bits per heavy atom. The molecule has 1 aliphatic heterocycles. The zero-order valence-electron chi connectivity index (χ0n) is 14.3. The number of rotatable bonds is 6. The quantitative estimate of drug-likeness (QED) is 0.836. The van der Waals surface area contributed by atoms with Crippen molar-refractivity contribution in [1.29, 1.82) is 0 Å². The van der Waals surface area contributed by atoms with Crippen LogP contribution in [-0.4, -0.2) is 30.4 Å². The fourth-order valence-electron chi connectivity index (χ4n) is 2.74. The molecule has 4 nitrogen and oxygen atoms in total. The molecule has 0 bridgehead atoms. The summed E-state index contributed by atoms with van der Waals surface area (Å²) in [7, 11) is 0. The lowest BCUT2D eigenvalue weighted by Crippen LogP contribution is -2.44. The Morgan fingerprint density at radius 1 is 1.39 bits per heavy atom. The van der Waals surface area contributed by atoms with Crippen LogP contribution < -0.4 is 11.1 Å². The third-order valence-corrected chi connectivity index (χ3v) is 5.50. The summed E-state index contributed by atoms with van der Waals surface area (Å²) in [6, 6.07) is 5.61. The van der Waals surface area contributed by atoms with Crippen LogP contribution in [0.3, 0.4) is 0 Å². The van der Waals surface area contributed by atoms with E-state index in [0.717, 1.165) is 29.8 Å². The summed E-state index contributed by atoms with van der Waals surface area (Å²) >= 11 is 1.90. The van der Waals surface area contributed by atoms with Gasteiger partial charge in [0.05, 0.1) is 6.04 Å². The molecule has 128 valence electrons. The molecule has 1 fully saturated rings. The number of hydrogen-bond donors (Lipinski definition) is 2. The first kappa shape index (κ1) is 18.3. The van der Waals surface area contributed by atoms with E-state index in [2.05, 4.69) is 32.2 Å². The highest BCUT2D eigenvalue weighted by Crippen LogP contribution is 2.25. The van der Waals surface area contributed by atoms with Crippen LogP contribution in [0.25, 0.3) is 0 Å². The first-order chi connectivity index (χ1) is 11.0. The molecule has 1 aliphatic rings. The van der Waals surface area contributed by atoms with Gasteiger partial charge in [0.2, 0.25) is 5.91 Å². The normalized spacial score (nSPS) is 17.3. The van der Waals surface area contributed by atoms with Crippen LogP contribution in [0.5, 0.6) is 0 Å². The number of nitrogens with one attached hydrogen (secondary N) is 1. The molecular weight excluding hydrogens is 308 g/mol. The highest BCUT2D eigenvalue weighted by Gasteiger charge is 2.26. The Balaban J connectivity index is 2.01. The monoisotopic (exact) mass is 336 g/mol. The highest BCUT2D eigenvalue weighted by molar-refractivity contribution is 7.99. The Labute approximate surface area is 143 Å². The van der Waals surface area contributed by atoms with Crippen LogP contribution in [0.4, 0.5) is 5.69 Å². The van der Waals surface area contributed by atoms with Gasteiger partial charge in [-0.25, -0.2) is 0 Å². The van der Waals surface area contributed by atoms with Gasteiger partial charge in [0.1, 0.15) is 0 Å². The molecule has 1 atom stereocenters. The van der Waals surface area contributed by atoms with E-state index in [4.69, 9.17) is 10.5 Å². The molecule has 3 N–H and O–H groups in total. The van der Waals surface area contributed by atoms with Gasteiger partial charge in [-0.05, 0) is 48.1 Å². The SMILES string of the molecule is Cc1c(CSC(C)C)cccc1NC(=O)C(N)C1CCOCC1. The fraction of sp³-hybridized carbons (Fsp3) is 0.611. The number of amides is 1. The van der Waals surface area contributed by atoms with Gasteiger partial charge in [0, 0.05) is 24.7 Å². The second-order valence-electron chi connectivity index (χ2n) is 6.41. The molecule has 0 aliphatic carbocycles. The molecule has 0 radical (unpaired) electrons. The molecule has 0 saturated carbocycles. The second kappa shape index (κ2) is 8.71. The number of nitrogens with two attached hydrogens (primary N) is 1. The smallest absolute Gasteiger partial charge is 0.241 e. The lowest BCUT2D eigenvalue weighted by molar-refractivity contribution is -0.119. The van der Waals surface area contributed by atoms with Crippen LogP contribution in [0.1, 0.15) is 37.8 Å². The molecule has 5 heteroatoms. The summed E-state index contributed by atoms with van der Waals surface area (Å²) in [5.41, 5.74) is 9.43. The molecule has 1 saturated heterocycles. The van der Waals surface area contributed by atoms with Gasteiger partial charge in [-0.3, -0.25) is 4.79 Å². The minimum absolute atomic E-state index is 0.0892. The Bertz CT molecular complexity index is 528. The Morgan fingerprint density at radius 2 is 2.09 bits per heavy atom. The van der Waals surface area contributed by atoms with E-state index in [1.807, 2.05) is 23.9 Å². The second-order valence-corrected chi connectivity index (χ2v) is 7.98. The summed E-state index contributed by atoms with van der Waals surface area (Å²) in [6.07, 6.45) is 1.72. The number of anilines is 1. The van der Waals surface area contributed by atoms with Crippen molar-refractivity contribution >= 4 is 23.4 Å². The van der Waals surface area contributed by atoms with Crippen LogP contribution in [0.2, 0.25) is 0 Å². The van der Waals surface area contributed by atoms with Crippen molar-refractivity contribution in [3.05, 3.63) is 29.3 Å². The first-order valence-electron chi connectivity index (χ1n) is 8.33. The average molecular weight is 337 g/mol. The predicted molar refractivity (Wildman–Crippen MR) is 97.8 cm³/mol. The minimum atomic E-state index is -0.466. The largest absolute Gasteiger partial charge is 0.381 e. The molecular formula is C18H28N2O2S. The van der Waals surface area contributed by atoms with Crippen LogP contribution in [0.15, 0.2) is 18.2 Å². The summed E-state index contributed by atoms with van der Waals surface area (Å²) in [4.78, 5) is 12.5. The van der Waals surface area contributed by atoms with Gasteiger partial charge < -0.3 is 15.8 Å². The zero-order chi connectivity index (χ0) is 16.8. The van der Waals surface area contributed by atoms with Crippen molar-refractivity contribution in [2.45, 2.75) is 50.7 Å². The van der Waals surface area contributed by atoms with Gasteiger partial charge in [-0.1, -0.05) is 26.0 Å². The standard InChI is InChI=1S/C18H28N2O2S/c1-12(2)23-11-15-5-4-6-16(13(15)3)20-18(21)17(19)14-7-9-22-10-8-14/h4-6,12,14,17H,7-11,19H2,1-3H3,(H,20,21). The number of benzene rings is 1. The molecule has 1 unspecified atom stereocenters. The Kier molecular flexibility index (Phi) is 6.93. The number of carbonyl (C=O) groups excluding carboxylic acids is 1. The maximum Gasteiger partial charge on any atom is 0.241 e. The molecule has 2 rings (SSSR count). The van der Waals surface area contributed by atoms with Crippen molar-refractivity contribution in [3.63, 3.8) is 0 Å². The van der Waals surface area contributed by atoms with E-state index in [1.165, 1.54) is 5.56 Å². The van der Waals surface area contributed by atoms with E-state index in [0.29, 0.717) is 18.5 Å². The highest BCUT2D eigenvalue weighted by atomic mass is 32.2. The Hall–Kier alpha value is -1.04. The molecule has 1 heterocycles. The topological polar surface area (TPSA) is 64.4 Å². The number of carbonyl (C=O) groups is 1. The van der Waals surface area contributed by atoms with Gasteiger partial charge in [-0.2, -0.15) is 11.8 Å². The maximum atomic E-state index is 12.5.